The summed E-state index contributed by atoms with van der Waals surface area (Å²) >= 11 is 0. The molecule has 3 heteroatoms. The van der Waals surface area contributed by atoms with E-state index in [1.807, 2.05) is 13.8 Å². The molecule has 0 atom stereocenters. The molecule has 0 saturated heterocycles. The van der Waals surface area contributed by atoms with Gasteiger partial charge in [-0.15, -0.1) is 0 Å². The number of unbranched alkanes of at least 4 members (excludes halogenated alkanes) is 13. The van der Waals surface area contributed by atoms with Crippen LogP contribution < -0.4 is 0 Å². The van der Waals surface area contributed by atoms with E-state index in [9.17, 15) is 4.79 Å². The SMILES string of the molecule is C=CC(=O)OC(C)(C)CN(C)CCCCCCCCCCCCCCCC. The van der Waals surface area contributed by atoms with Crippen molar-refractivity contribution in [1.29, 1.82) is 0 Å². The molecule has 160 valence electrons. The summed E-state index contributed by atoms with van der Waals surface area (Å²) in [6.07, 6.45) is 20.7. The second-order valence-electron chi connectivity index (χ2n) is 8.72. The van der Waals surface area contributed by atoms with Gasteiger partial charge in [-0.3, -0.25) is 0 Å². The maximum Gasteiger partial charge on any atom is 0.330 e. The van der Waals surface area contributed by atoms with Crippen molar-refractivity contribution in [3.8, 4) is 0 Å². The van der Waals surface area contributed by atoms with Crippen molar-refractivity contribution >= 4 is 5.97 Å². The third-order valence-electron chi connectivity index (χ3n) is 5.09. The zero-order valence-electron chi connectivity index (χ0n) is 18.9. The molecule has 0 N–H and O–H groups in total. The Balaban J connectivity index is 3.41. The van der Waals surface area contributed by atoms with Gasteiger partial charge in [-0.25, -0.2) is 4.79 Å². The number of nitrogens with zero attached hydrogens (tertiary/aromatic N) is 1. The minimum absolute atomic E-state index is 0.343. The van der Waals surface area contributed by atoms with Gasteiger partial charge < -0.3 is 9.64 Å². The highest BCUT2D eigenvalue weighted by atomic mass is 16.6. The second kappa shape index (κ2) is 17.3. The fraction of sp³-hybridized carbons (Fsp3) is 0.875. The zero-order valence-corrected chi connectivity index (χ0v) is 18.9. The van der Waals surface area contributed by atoms with Crippen LogP contribution in [0.4, 0.5) is 0 Å². The van der Waals surface area contributed by atoms with Gasteiger partial charge in [0, 0.05) is 12.6 Å². The minimum atomic E-state index is -0.462. The van der Waals surface area contributed by atoms with Gasteiger partial charge in [-0.05, 0) is 33.9 Å². The number of hydrogen-bond donors (Lipinski definition) is 0. The van der Waals surface area contributed by atoms with Crippen molar-refractivity contribution in [3.63, 3.8) is 0 Å². The molecule has 3 nitrogen and oxygen atoms in total. The number of carbonyl (C=O) groups is 1. The lowest BCUT2D eigenvalue weighted by Crippen LogP contribution is -2.40. The second-order valence-corrected chi connectivity index (χ2v) is 8.72. The van der Waals surface area contributed by atoms with Gasteiger partial charge in [0.15, 0.2) is 0 Å². The van der Waals surface area contributed by atoms with Gasteiger partial charge in [0.05, 0.1) is 0 Å². The molecule has 0 amide bonds. The Morgan fingerprint density at radius 1 is 0.852 bits per heavy atom. The molecule has 0 fully saturated rings. The molecule has 0 rings (SSSR count). The highest BCUT2D eigenvalue weighted by molar-refractivity contribution is 5.81. The first-order chi connectivity index (χ1) is 12.9. The average Bonchev–Trinajstić information content (AvgIpc) is 2.61. The summed E-state index contributed by atoms with van der Waals surface area (Å²) in [6, 6.07) is 0. The van der Waals surface area contributed by atoms with Gasteiger partial charge in [0.1, 0.15) is 5.60 Å². The molecule has 0 saturated carbocycles. The van der Waals surface area contributed by atoms with E-state index in [4.69, 9.17) is 4.74 Å². The predicted octanol–water partition coefficient (Wildman–Crippen LogP) is 6.91. The van der Waals surface area contributed by atoms with Crippen LogP contribution in [0.5, 0.6) is 0 Å². The minimum Gasteiger partial charge on any atom is -0.455 e. The fourth-order valence-electron chi connectivity index (χ4n) is 3.65. The topological polar surface area (TPSA) is 29.5 Å². The summed E-state index contributed by atoms with van der Waals surface area (Å²) in [7, 11) is 2.10. The van der Waals surface area contributed by atoms with Crippen LogP contribution in [0, 0.1) is 0 Å². The van der Waals surface area contributed by atoms with E-state index in [1.165, 1.54) is 96.0 Å². The number of likely N-dealkylation sites (N-methyl/N-ethyl adjacent to an activating group) is 1. The molecule has 0 aromatic carbocycles. The van der Waals surface area contributed by atoms with Gasteiger partial charge in [0.2, 0.25) is 0 Å². The van der Waals surface area contributed by atoms with Crippen LogP contribution in [0.1, 0.15) is 111 Å². The van der Waals surface area contributed by atoms with E-state index < -0.39 is 5.60 Å². The Bertz CT molecular complexity index is 365. The first kappa shape index (κ1) is 26.2. The van der Waals surface area contributed by atoms with Crippen molar-refractivity contribution in [2.45, 2.75) is 116 Å². The van der Waals surface area contributed by atoms with Crippen LogP contribution in [0.3, 0.4) is 0 Å². The molecule has 0 aromatic rings. The molecule has 0 aliphatic rings. The Kier molecular flexibility index (Phi) is 16.7. The normalized spacial score (nSPS) is 11.7. The average molecular weight is 382 g/mol. The molecule has 0 unspecified atom stereocenters. The fourth-order valence-corrected chi connectivity index (χ4v) is 3.65. The highest BCUT2D eigenvalue weighted by Gasteiger charge is 2.23. The van der Waals surface area contributed by atoms with Crippen LogP contribution >= 0.6 is 0 Å². The Morgan fingerprint density at radius 3 is 1.67 bits per heavy atom. The summed E-state index contributed by atoms with van der Waals surface area (Å²) in [4.78, 5) is 13.6. The molecule has 0 heterocycles. The summed E-state index contributed by atoms with van der Waals surface area (Å²) in [5.41, 5.74) is -0.462. The standard InChI is InChI=1S/C24H47NO2/c1-6-8-9-10-11-12-13-14-15-16-17-18-19-20-21-25(5)22-24(3,4)27-23(26)7-2/h7H,2,6,8-22H2,1,3-5H3. The molecule has 0 bridgehead atoms. The van der Waals surface area contributed by atoms with E-state index in [0.717, 1.165) is 13.1 Å². The van der Waals surface area contributed by atoms with Crippen molar-refractivity contribution in [2.24, 2.45) is 0 Å². The molecular formula is C24H47NO2. The van der Waals surface area contributed by atoms with Crippen LogP contribution in [-0.4, -0.2) is 36.6 Å². The van der Waals surface area contributed by atoms with Gasteiger partial charge in [-0.1, -0.05) is 97.0 Å². The number of esters is 1. The number of carbonyl (C=O) groups excluding carboxylic acids is 1. The van der Waals surface area contributed by atoms with Gasteiger partial charge in [-0.2, -0.15) is 0 Å². The third kappa shape index (κ3) is 18.3. The molecular weight excluding hydrogens is 334 g/mol. The van der Waals surface area contributed by atoms with E-state index >= 15 is 0 Å². The summed E-state index contributed by atoms with van der Waals surface area (Å²) in [5, 5.41) is 0. The number of ether oxygens (including phenoxy) is 1. The predicted molar refractivity (Wildman–Crippen MR) is 118 cm³/mol. The monoisotopic (exact) mass is 381 g/mol. The number of hydrogen-bond acceptors (Lipinski definition) is 3. The highest BCUT2D eigenvalue weighted by Crippen LogP contribution is 2.14. The molecule has 0 aliphatic heterocycles. The molecule has 0 aromatic heterocycles. The summed E-state index contributed by atoms with van der Waals surface area (Å²) < 4.78 is 5.38. The van der Waals surface area contributed by atoms with Crippen molar-refractivity contribution in [1.82, 2.24) is 4.90 Å². The summed E-state index contributed by atoms with van der Waals surface area (Å²) in [5.74, 6) is -0.343. The lowest BCUT2D eigenvalue weighted by Gasteiger charge is -2.29. The van der Waals surface area contributed by atoms with Crippen LogP contribution in [-0.2, 0) is 9.53 Å². The lowest BCUT2D eigenvalue weighted by molar-refractivity contribution is -0.151. The van der Waals surface area contributed by atoms with E-state index in [1.54, 1.807) is 0 Å². The van der Waals surface area contributed by atoms with Crippen LogP contribution in [0.25, 0.3) is 0 Å². The summed E-state index contributed by atoms with van der Waals surface area (Å²) in [6.45, 7) is 11.5. The van der Waals surface area contributed by atoms with Gasteiger partial charge >= 0.3 is 5.97 Å². The van der Waals surface area contributed by atoms with Crippen molar-refractivity contribution < 1.29 is 9.53 Å². The Hall–Kier alpha value is -0.830. The first-order valence-corrected chi connectivity index (χ1v) is 11.4. The molecule has 0 spiro atoms. The maximum atomic E-state index is 11.3. The Morgan fingerprint density at radius 2 is 1.26 bits per heavy atom. The van der Waals surface area contributed by atoms with Crippen molar-refractivity contribution in [3.05, 3.63) is 12.7 Å². The van der Waals surface area contributed by atoms with Gasteiger partial charge in [0.25, 0.3) is 0 Å². The zero-order chi connectivity index (χ0) is 20.4. The molecule has 0 radical (unpaired) electrons. The third-order valence-corrected chi connectivity index (χ3v) is 5.09. The number of rotatable bonds is 19. The van der Waals surface area contributed by atoms with Crippen LogP contribution in [0.15, 0.2) is 12.7 Å². The largest absolute Gasteiger partial charge is 0.455 e. The molecule has 27 heavy (non-hydrogen) atoms. The lowest BCUT2D eigenvalue weighted by atomic mass is 10.0. The van der Waals surface area contributed by atoms with E-state index in [2.05, 4.69) is 25.5 Å². The first-order valence-electron chi connectivity index (χ1n) is 11.4. The maximum absolute atomic E-state index is 11.3. The van der Waals surface area contributed by atoms with Crippen molar-refractivity contribution in [2.75, 3.05) is 20.1 Å². The smallest absolute Gasteiger partial charge is 0.330 e. The Labute approximate surface area is 169 Å². The van der Waals surface area contributed by atoms with Crippen LogP contribution in [0.2, 0.25) is 0 Å². The van der Waals surface area contributed by atoms with E-state index in [0.29, 0.717) is 0 Å². The quantitative estimate of drug-likeness (QED) is 0.138. The van der Waals surface area contributed by atoms with E-state index in [-0.39, 0.29) is 5.97 Å². The molecule has 0 aliphatic carbocycles.